The molecule has 0 fully saturated rings. The van der Waals surface area contributed by atoms with Crippen LogP contribution in [-0.4, -0.2) is 102 Å². The third-order valence-electron chi connectivity index (χ3n) is 9.25. The molecule has 1 heterocycles. The highest BCUT2D eigenvalue weighted by Gasteiger charge is 2.33. The lowest BCUT2D eigenvalue weighted by Gasteiger charge is -2.35. The SMILES string of the molecule is CCC[N+](C)(CCC[C@H](NC(=O)[C@@H](C)NC(=O)OC(C)(C)C)C(=O)N[C@@H](Cc1ccc(C(F)(F)F)cc1)C(=O)Nc1cnc2ccccc2c1)CCNC(=O)OC(C)(C)C. The second kappa shape index (κ2) is 21.2. The average Bonchev–Trinajstić information content (AvgIpc) is 3.12. The molecule has 1 unspecified atom stereocenters. The molecule has 4 atom stereocenters. The van der Waals surface area contributed by atoms with Gasteiger partial charge in [-0.05, 0) is 97.6 Å². The van der Waals surface area contributed by atoms with E-state index in [1.165, 1.54) is 25.3 Å². The van der Waals surface area contributed by atoms with E-state index < -0.39 is 71.0 Å². The Hall–Kier alpha value is -5.45. The number of halogens is 3. The normalized spacial score (nSPS) is 14.5. The number of para-hydroxylation sites is 1. The summed E-state index contributed by atoms with van der Waals surface area (Å²) in [5.41, 5.74) is -1.01. The Morgan fingerprint density at radius 2 is 1.38 bits per heavy atom. The van der Waals surface area contributed by atoms with E-state index in [2.05, 4.69) is 31.6 Å². The highest BCUT2D eigenvalue weighted by molar-refractivity contribution is 6.00. The van der Waals surface area contributed by atoms with Gasteiger partial charge in [-0.2, -0.15) is 13.2 Å². The minimum absolute atomic E-state index is 0.108. The van der Waals surface area contributed by atoms with Gasteiger partial charge in [-0.3, -0.25) is 19.4 Å². The molecular formula is C43H61F3N7O7+. The molecule has 3 rings (SSSR count). The molecule has 14 nitrogen and oxygen atoms in total. The number of alkyl halides is 3. The monoisotopic (exact) mass is 844 g/mol. The number of carbonyl (C=O) groups is 5. The van der Waals surface area contributed by atoms with Crippen LogP contribution >= 0.6 is 0 Å². The van der Waals surface area contributed by atoms with Crippen LogP contribution in [0.25, 0.3) is 10.9 Å². The van der Waals surface area contributed by atoms with Gasteiger partial charge in [0.1, 0.15) is 29.3 Å². The summed E-state index contributed by atoms with van der Waals surface area (Å²) < 4.78 is 51.3. The molecule has 1 aromatic heterocycles. The van der Waals surface area contributed by atoms with Crippen molar-refractivity contribution in [1.82, 2.24) is 26.3 Å². The van der Waals surface area contributed by atoms with Crippen molar-refractivity contribution in [3.8, 4) is 0 Å². The number of fused-ring (bicyclic) bond motifs is 1. The van der Waals surface area contributed by atoms with E-state index in [-0.39, 0.29) is 12.8 Å². The number of likely N-dealkylation sites (N-methyl/N-ethyl adjacent to an activating group) is 1. The fraction of sp³-hybridized carbons (Fsp3) is 0.535. The van der Waals surface area contributed by atoms with Crippen LogP contribution in [0.1, 0.15) is 85.8 Å². The predicted octanol–water partition coefficient (Wildman–Crippen LogP) is 6.48. The number of hydrogen-bond acceptors (Lipinski definition) is 8. The number of pyridine rings is 1. The minimum atomic E-state index is -4.58. The van der Waals surface area contributed by atoms with Crippen LogP contribution in [0.5, 0.6) is 0 Å². The first-order chi connectivity index (χ1) is 27.9. The van der Waals surface area contributed by atoms with Gasteiger partial charge in [-0.25, -0.2) is 9.59 Å². The van der Waals surface area contributed by atoms with Crippen LogP contribution in [0, 0.1) is 0 Å². The summed E-state index contributed by atoms with van der Waals surface area (Å²) in [6.45, 7) is 16.0. The molecule has 0 aliphatic carbocycles. The highest BCUT2D eigenvalue weighted by atomic mass is 19.4. The van der Waals surface area contributed by atoms with Crippen LogP contribution in [0.2, 0.25) is 0 Å². The van der Waals surface area contributed by atoms with Gasteiger partial charge in [0.2, 0.25) is 17.7 Å². The average molecular weight is 845 g/mol. The zero-order valence-electron chi connectivity index (χ0n) is 36.0. The van der Waals surface area contributed by atoms with E-state index in [1.807, 2.05) is 32.2 Å². The Labute approximate surface area is 350 Å². The number of benzene rings is 2. The van der Waals surface area contributed by atoms with Gasteiger partial charge in [0.15, 0.2) is 0 Å². The van der Waals surface area contributed by atoms with E-state index in [4.69, 9.17) is 9.47 Å². The van der Waals surface area contributed by atoms with Crippen molar-refractivity contribution >= 4 is 46.5 Å². The molecule has 5 amide bonds. The molecule has 17 heteroatoms. The van der Waals surface area contributed by atoms with Gasteiger partial charge in [0.05, 0.1) is 56.2 Å². The third-order valence-corrected chi connectivity index (χ3v) is 9.25. The number of rotatable bonds is 18. The number of alkyl carbamates (subject to hydrolysis) is 2. The number of ether oxygens (including phenoxy) is 2. The molecule has 0 spiro atoms. The number of carbonyl (C=O) groups excluding carboxylic acids is 5. The molecule has 0 saturated heterocycles. The smallest absolute Gasteiger partial charge is 0.416 e. The van der Waals surface area contributed by atoms with Gasteiger partial charge in [0.25, 0.3) is 0 Å². The maximum Gasteiger partial charge on any atom is 0.416 e. The highest BCUT2D eigenvalue weighted by Crippen LogP contribution is 2.29. The van der Waals surface area contributed by atoms with Crippen LogP contribution in [-0.2, 0) is 36.5 Å². The Balaban J connectivity index is 1.88. The Bertz CT molecular complexity index is 1930. The molecular weight excluding hydrogens is 784 g/mol. The number of nitrogens with zero attached hydrogens (tertiary/aromatic N) is 2. The maximum atomic E-state index is 14.2. The Morgan fingerprint density at radius 3 is 2.00 bits per heavy atom. The minimum Gasteiger partial charge on any atom is -0.444 e. The quantitative estimate of drug-likeness (QED) is 0.0905. The standard InChI is InChI=1S/C43H60F3N7O7/c1-10-22-53(9,24-21-47-39(57)59-41(3,4)5)23-13-16-34(51-36(54)28(2)49-40(58)60-42(6,7)8)37(55)52-35(25-29-17-19-31(20-18-29)43(44,45)46)38(56)50-32-26-30-14-11-12-15-33(30)48-27-32/h11-12,14-15,17-20,26-28,34-35H,10,13,16,21-25H2,1-9H3,(H4-,47,49,50,51,52,54,55,56,57,58)/p+1/t28-,34+,35+,53?/m1/s1. The molecule has 5 N–H and O–H groups in total. The maximum absolute atomic E-state index is 14.2. The molecule has 2 aromatic carbocycles. The second-order valence-electron chi connectivity index (χ2n) is 17.2. The van der Waals surface area contributed by atoms with Crippen molar-refractivity contribution in [2.45, 2.75) is 117 Å². The number of quaternary nitrogens is 1. The van der Waals surface area contributed by atoms with Crippen LogP contribution in [0.3, 0.4) is 0 Å². The van der Waals surface area contributed by atoms with Crippen molar-refractivity contribution in [2.24, 2.45) is 0 Å². The van der Waals surface area contributed by atoms with Crippen molar-refractivity contribution in [2.75, 3.05) is 38.5 Å². The lowest BCUT2D eigenvalue weighted by molar-refractivity contribution is -0.908. The van der Waals surface area contributed by atoms with Crippen LogP contribution < -0.4 is 26.6 Å². The van der Waals surface area contributed by atoms with E-state index in [1.54, 1.807) is 53.7 Å². The molecule has 3 aromatic rings. The summed E-state index contributed by atoms with van der Waals surface area (Å²) in [6, 6.07) is 9.58. The summed E-state index contributed by atoms with van der Waals surface area (Å²) in [5, 5.41) is 14.2. The third kappa shape index (κ3) is 17.0. The summed E-state index contributed by atoms with van der Waals surface area (Å²) >= 11 is 0. The zero-order chi connectivity index (χ0) is 44.9. The number of nitrogens with one attached hydrogen (secondary N) is 5. The summed E-state index contributed by atoms with van der Waals surface area (Å²) in [6.07, 6.45) is -3.34. The van der Waals surface area contributed by atoms with Gasteiger partial charge >= 0.3 is 18.4 Å². The topological polar surface area (TPSA) is 177 Å². The van der Waals surface area contributed by atoms with E-state index in [0.717, 1.165) is 30.5 Å². The largest absolute Gasteiger partial charge is 0.444 e. The van der Waals surface area contributed by atoms with E-state index in [9.17, 15) is 37.1 Å². The molecule has 0 radical (unpaired) electrons. The molecule has 0 aliphatic heterocycles. The molecule has 60 heavy (non-hydrogen) atoms. The summed E-state index contributed by atoms with van der Waals surface area (Å²) in [5.74, 6) is -2.10. The lowest BCUT2D eigenvalue weighted by atomic mass is 10.0. The Morgan fingerprint density at radius 1 is 0.767 bits per heavy atom. The Kier molecular flexibility index (Phi) is 17.3. The first-order valence-corrected chi connectivity index (χ1v) is 20.1. The lowest BCUT2D eigenvalue weighted by Crippen LogP contribution is -2.56. The first kappa shape index (κ1) is 48.9. The number of hydrogen-bond donors (Lipinski definition) is 5. The zero-order valence-corrected chi connectivity index (χ0v) is 36.0. The van der Waals surface area contributed by atoms with Gasteiger partial charge < -0.3 is 40.5 Å². The fourth-order valence-electron chi connectivity index (χ4n) is 6.33. The van der Waals surface area contributed by atoms with Crippen LogP contribution in [0.15, 0.2) is 60.8 Å². The predicted molar refractivity (Wildman–Crippen MR) is 223 cm³/mol. The molecule has 0 bridgehead atoms. The molecule has 0 saturated carbocycles. The fourth-order valence-corrected chi connectivity index (χ4v) is 6.33. The molecule has 330 valence electrons. The van der Waals surface area contributed by atoms with Crippen molar-refractivity contribution in [3.63, 3.8) is 0 Å². The van der Waals surface area contributed by atoms with Crippen molar-refractivity contribution < 1.29 is 51.1 Å². The van der Waals surface area contributed by atoms with Crippen LogP contribution in [0.4, 0.5) is 28.4 Å². The van der Waals surface area contributed by atoms with Gasteiger partial charge in [-0.1, -0.05) is 37.3 Å². The number of amides is 5. The van der Waals surface area contributed by atoms with E-state index in [0.29, 0.717) is 47.3 Å². The van der Waals surface area contributed by atoms with Gasteiger partial charge in [0, 0.05) is 11.8 Å². The molecule has 0 aliphatic rings. The van der Waals surface area contributed by atoms with Crippen molar-refractivity contribution in [3.05, 3.63) is 71.9 Å². The second-order valence-corrected chi connectivity index (χ2v) is 17.2. The van der Waals surface area contributed by atoms with Gasteiger partial charge in [-0.15, -0.1) is 0 Å². The first-order valence-electron chi connectivity index (χ1n) is 20.1. The van der Waals surface area contributed by atoms with Crippen molar-refractivity contribution in [1.29, 1.82) is 0 Å². The summed E-state index contributed by atoms with van der Waals surface area (Å²) in [7, 11) is 2.02. The number of aromatic nitrogens is 1. The van der Waals surface area contributed by atoms with E-state index >= 15 is 0 Å². The summed E-state index contributed by atoms with van der Waals surface area (Å²) in [4.78, 5) is 70.8. The number of anilines is 1.